The van der Waals surface area contributed by atoms with Crippen LogP contribution in [-0.4, -0.2) is 12.7 Å². The molecule has 80 valence electrons. The third-order valence-electron chi connectivity index (χ3n) is 2.02. The van der Waals surface area contributed by atoms with Gasteiger partial charge in [-0.2, -0.15) is 0 Å². The minimum Gasteiger partial charge on any atom is -0.379 e. The van der Waals surface area contributed by atoms with E-state index in [0.29, 0.717) is 11.5 Å². The molecule has 1 nitrogen and oxygen atoms in total. The van der Waals surface area contributed by atoms with Crippen molar-refractivity contribution in [3.8, 4) is 0 Å². The van der Waals surface area contributed by atoms with Crippen molar-refractivity contribution in [1.82, 2.24) is 0 Å². The van der Waals surface area contributed by atoms with Gasteiger partial charge in [-0.1, -0.05) is 27.7 Å². The highest BCUT2D eigenvalue weighted by molar-refractivity contribution is 4.66. The van der Waals surface area contributed by atoms with Crippen LogP contribution in [-0.2, 0) is 4.74 Å². The van der Waals surface area contributed by atoms with Gasteiger partial charge in [0.2, 0.25) is 0 Å². The molecule has 0 aromatic rings. The Balaban J connectivity index is 3.46. The summed E-state index contributed by atoms with van der Waals surface area (Å²) >= 11 is 0. The Hall–Kier alpha value is -0.0400. The largest absolute Gasteiger partial charge is 0.379 e. The normalized spacial score (nSPS) is 15.0. The fraction of sp³-hybridized carbons (Fsp3) is 1.00. The molecule has 0 heterocycles. The van der Waals surface area contributed by atoms with Gasteiger partial charge in [-0.15, -0.1) is 0 Å². The average molecular weight is 186 g/mol. The van der Waals surface area contributed by atoms with Gasteiger partial charge in [-0.05, 0) is 38.0 Å². The lowest BCUT2D eigenvalue weighted by Crippen LogP contribution is -2.14. The molecule has 0 radical (unpaired) electrons. The maximum atomic E-state index is 5.53. The quantitative estimate of drug-likeness (QED) is 0.633. The van der Waals surface area contributed by atoms with Crippen LogP contribution in [0.4, 0.5) is 0 Å². The number of hydrogen-bond acceptors (Lipinski definition) is 1. The van der Waals surface area contributed by atoms with Crippen LogP contribution in [0.3, 0.4) is 0 Å². The molecule has 1 atom stereocenters. The zero-order chi connectivity index (χ0) is 10.5. The van der Waals surface area contributed by atoms with E-state index < -0.39 is 0 Å². The molecule has 0 aliphatic carbocycles. The summed E-state index contributed by atoms with van der Waals surface area (Å²) in [5.41, 5.74) is 0.456. The van der Waals surface area contributed by atoms with Crippen molar-refractivity contribution in [2.45, 2.75) is 60.5 Å². The van der Waals surface area contributed by atoms with Gasteiger partial charge in [0.05, 0.1) is 6.10 Å². The topological polar surface area (TPSA) is 9.23 Å². The van der Waals surface area contributed by atoms with E-state index in [1.807, 2.05) is 0 Å². The Morgan fingerprint density at radius 3 is 2.00 bits per heavy atom. The lowest BCUT2D eigenvalue weighted by Gasteiger charge is -2.23. The monoisotopic (exact) mass is 186 g/mol. The molecule has 1 unspecified atom stereocenters. The smallest absolute Gasteiger partial charge is 0.0518 e. The summed E-state index contributed by atoms with van der Waals surface area (Å²) in [6, 6.07) is 0. The minimum atomic E-state index is 0.377. The summed E-state index contributed by atoms with van der Waals surface area (Å²) in [5.74, 6) is 0.777. The fourth-order valence-corrected chi connectivity index (χ4v) is 1.65. The molecule has 0 rings (SSSR count). The highest BCUT2D eigenvalue weighted by Crippen LogP contribution is 2.25. The molecule has 0 fully saturated rings. The molecule has 0 bridgehead atoms. The van der Waals surface area contributed by atoms with E-state index in [1.54, 1.807) is 0 Å². The molecule has 0 aliphatic heterocycles. The second-order valence-electron chi connectivity index (χ2n) is 5.58. The Bertz CT molecular complexity index is 122. The number of rotatable bonds is 5. The molecular weight excluding hydrogens is 160 g/mol. The van der Waals surface area contributed by atoms with Gasteiger partial charge in [0.1, 0.15) is 0 Å². The van der Waals surface area contributed by atoms with Crippen molar-refractivity contribution in [1.29, 1.82) is 0 Å². The number of ether oxygens (including phenoxy) is 1. The summed E-state index contributed by atoms with van der Waals surface area (Å²) in [6.45, 7) is 14.3. The Labute approximate surface area is 83.9 Å². The molecule has 0 amide bonds. The van der Waals surface area contributed by atoms with Crippen LogP contribution in [0.2, 0.25) is 0 Å². The Morgan fingerprint density at radius 1 is 1.08 bits per heavy atom. The molecule has 0 N–H and O–H groups in total. The van der Waals surface area contributed by atoms with Crippen LogP contribution < -0.4 is 0 Å². The molecule has 0 aromatic heterocycles. The molecule has 0 aromatic carbocycles. The van der Waals surface area contributed by atoms with Gasteiger partial charge in [-0.3, -0.25) is 0 Å². The Kier molecular flexibility index (Phi) is 5.62. The van der Waals surface area contributed by atoms with Crippen LogP contribution in [0.5, 0.6) is 0 Å². The van der Waals surface area contributed by atoms with Crippen LogP contribution in [0.25, 0.3) is 0 Å². The molecule has 0 spiro atoms. The summed E-state index contributed by atoms with van der Waals surface area (Å²) in [4.78, 5) is 0. The SMILES string of the molecule is CC(CCOC(C)C)CC(C)(C)C. The molecule has 1 heteroatoms. The van der Waals surface area contributed by atoms with Crippen LogP contribution in [0.15, 0.2) is 0 Å². The van der Waals surface area contributed by atoms with E-state index in [2.05, 4.69) is 41.5 Å². The highest BCUT2D eigenvalue weighted by atomic mass is 16.5. The van der Waals surface area contributed by atoms with Gasteiger partial charge < -0.3 is 4.74 Å². The van der Waals surface area contributed by atoms with Crippen LogP contribution >= 0.6 is 0 Å². The van der Waals surface area contributed by atoms with Crippen molar-refractivity contribution in [3.05, 3.63) is 0 Å². The van der Waals surface area contributed by atoms with E-state index in [9.17, 15) is 0 Å². The van der Waals surface area contributed by atoms with E-state index in [-0.39, 0.29) is 0 Å². The van der Waals surface area contributed by atoms with Crippen molar-refractivity contribution in [3.63, 3.8) is 0 Å². The molecule has 0 saturated heterocycles. The van der Waals surface area contributed by atoms with Crippen LogP contribution in [0, 0.1) is 11.3 Å². The summed E-state index contributed by atoms with van der Waals surface area (Å²) in [5, 5.41) is 0. The second-order valence-corrected chi connectivity index (χ2v) is 5.58. The third kappa shape index (κ3) is 9.88. The van der Waals surface area contributed by atoms with E-state index in [0.717, 1.165) is 12.5 Å². The second kappa shape index (κ2) is 5.64. The van der Waals surface area contributed by atoms with Crippen molar-refractivity contribution in [2.24, 2.45) is 11.3 Å². The number of hydrogen-bond donors (Lipinski definition) is 0. The third-order valence-corrected chi connectivity index (χ3v) is 2.02. The Morgan fingerprint density at radius 2 is 1.62 bits per heavy atom. The van der Waals surface area contributed by atoms with E-state index in [4.69, 9.17) is 4.74 Å². The van der Waals surface area contributed by atoms with Crippen molar-refractivity contribution in [2.75, 3.05) is 6.61 Å². The molecule has 13 heavy (non-hydrogen) atoms. The van der Waals surface area contributed by atoms with E-state index in [1.165, 1.54) is 12.8 Å². The van der Waals surface area contributed by atoms with Gasteiger partial charge >= 0.3 is 0 Å². The minimum absolute atomic E-state index is 0.377. The maximum absolute atomic E-state index is 5.53. The zero-order valence-electron chi connectivity index (χ0n) is 10.2. The molecular formula is C12H26O. The predicted octanol–water partition coefficient (Wildman–Crippen LogP) is 3.87. The summed E-state index contributed by atoms with van der Waals surface area (Å²) in [7, 11) is 0. The summed E-state index contributed by atoms with van der Waals surface area (Å²) in [6.07, 6.45) is 2.85. The molecule has 0 saturated carbocycles. The first kappa shape index (κ1) is 13.0. The zero-order valence-corrected chi connectivity index (χ0v) is 10.2. The van der Waals surface area contributed by atoms with Gasteiger partial charge in [-0.25, -0.2) is 0 Å². The average Bonchev–Trinajstić information content (AvgIpc) is 1.81. The lowest BCUT2D eigenvalue weighted by atomic mass is 9.84. The van der Waals surface area contributed by atoms with Gasteiger partial charge in [0, 0.05) is 6.61 Å². The lowest BCUT2D eigenvalue weighted by molar-refractivity contribution is 0.0661. The van der Waals surface area contributed by atoms with Gasteiger partial charge in [0.25, 0.3) is 0 Å². The van der Waals surface area contributed by atoms with Gasteiger partial charge in [0.15, 0.2) is 0 Å². The first-order valence-electron chi connectivity index (χ1n) is 5.43. The fourth-order valence-electron chi connectivity index (χ4n) is 1.65. The summed E-state index contributed by atoms with van der Waals surface area (Å²) < 4.78 is 5.53. The standard InChI is InChI=1S/C12H26O/c1-10(2)13-8-7-11(3)9-12(4,5)6/h10-11H,7-9H2,1-6H3. The van der Waals surface area contributed by atoms with E-state index >= 15 is 0 Å². The maximum Gasteiger partial charge on any atom is 0.0518 e. The predicted molar refractivity (Wildman–Crippen MR) is 58.9 cm³/mol. The first-order chi connectivity index (χ1) is 5.81. The first-order valence-corrected chi connectivity index (χ1v) is 5.43. The highest BCUT2D eigenvalue weighted by Gasteiger charge is 2.14. The molecule has 0 aliphatic rings. The van der Waals surface area contributed by atoms with Crippen molar-refractivity contribution < 1.29 is 4.74 Å². The van der Waals surface area contributed by atoms with Crippen LogP contribution in [0.1, 0.15) is 54.4 Å². The van der Waals surface area contributed by atoms with Crippen molar-refractivity contribution >= 4 is 0 Å².